The number of hydrogen-bond acceptors (Lipinski definition) is 4. The summed E-state index contributed by atoms with van der Waals surface area (Å²) in [5.41, 5.74) is 5.78. The molecule has 7 heteroatoms. The van der Waals surface area contributed by atoms with Crippen molar-refractivity contribution in [3.8, 4) is 0 Å². The van der Waals surface area contributed by atoms with Gasteiger partial charge in [0.15, 0.2) is 0 Å². The zero-order valence-electron chi connectivity index (χ0n) is 19.8. The summed E-state index contributed by atoms with van der Waals surface area (Å²) in [6, 6.07) is 3.85. The molecule has 166 valence electrons. The second-order valence-electron chi connectivity index (χ2n) is 9.62. The van der Waals surface area contributed by atoms with Gasteiger partial charge in [-0.3, -0.25) is 0 Å². The van der Waals surface area contributed by atoms with Crippen LogP contribution in [0.15, 0.2) is 0 Å². The van der Waals surface area contributed by atoms with Crippen molar-refractivity contribution in [2.24, 2.45) is 0 Å². The average molecular weight is 608 g/mol. The molecule has 0 atom stereocenters. The summed E-state index contributed by atoms with van der Waals surface area (Å²) in [5.74, 6) is 0. The summed E-state index contributed by atoms with van der Waals surface area (Å²) in [6.07, 6.45) is 0. The molecular formula is C21H41ClN4PtSi. The van der Waals surface area contributed by atoms with Crippen molar-refractivity contribution in [3.05, 3.63) is 28.3 Å². The van der Waals surface area contributed by atoms with Crippen LogP contribution >= 0.6 is 9.42 Å². The molecule has 0 saturated carbocycles. The standard InChI is InChI=1S/C21H41N4Si.ClH.Pt/c1-22(2)13-17-12-18(14-23(3)4)20(16-25(7)8)21(26(9,10)11)19(17)15-24(5)6;;/h13-16H2,1-11H3;1H;/q-1;;+2/p-1. The van der Waals surface area contributed by atoms with Gasteiger partial charge in [-0.25, -0.2) is 0 Å². The number of rotatable bonds is 9. The molecule has 0 amide bonds. The predicted octanol–water partition coefficient (Wildman–Crippen LogP) is 2.97. The molecule has 1 aromatic carbocycles. The number of benzene rings is 1. The maximum absolute atomic E-state index is 4.61. The first-order chi connectivity index (χ1) is 12.8. The number of halogens is 1. The molecule has 0 N–H and O–H groups in total. The first-order valence-corrected chi connectivity index (χ1v) is 15.9. The Balaban J connectivity index is 0.00000352. The van der Waals surface area contributed by atoms with Crippen molar-refractivity contribution in [2.75, 3.05) is 56.4 Å². The van der Waals surface area contributed by atoms with Crippen LogP contribution in [-0.4, -0.2) is 84.1 Å². The molecule has 0 radical (unpaired) electrons. The van der Waals surface area contributed by atoms with E-state index < -0.39 is 8.07 Å². The summed E-state index contributed by atoms with van der Waals surface area (Å²) < 4.78 is 0. The van der Waals surface area contributed by atoms with Crippen LogP contribution in [0.3, 0.4) is 0 Å². The fourth-order valence-electron chi connectivity index (χ4n) is 3.61. The second-order valence-corrected chi connectivity index (χ2v) is 14.6. The normalized spacial score (nSPS) is 12.2. The SMILES string of the molecule is CN(C)Cc1[c-]c(CN(C)C)c(CN(C)C)c([Si](C)(C)C)c1CN(C)C.[Cl][Pt+]. The fraction of sp³-hybridized carbons (Fsp3) is 0.714. The maximum atomic E-state index is 4.61. The average Bonchev–Trinajstić information content (AvgIpc) is 2.50. The first-order valence-electron chi connectivity index (χ1n) is 9.63. The molecule has 0 bridgehead atoms. The molecule has 4 nitrogen and oxygen atoms in total. The Hall–Kier alpha value is 0.255. The molecule has 0 aromatic heterocycles. The molecule has 0 aliphatic heterocycles. The van der Waals surface area contributed by atoms with Crippen molar-refractivity contribution in [1.29, 1.82) is 0 Å². The van der Waals surface area contributed by atoms with Crippen LogP contribution in [0, 0.1) is 6.07 Å². The van der Waals surface area contributed by atoms with Crippen molar-refractivity contribution in [1.82, 2.24) is 19.6 Å². The zero-order chi connectivity index (χ0) is 22.2. The monoisotopic (exact) mass is 607 g/mol. The van der Waals surface area contributed by atoms with Gasteiger partial charge >= 0.3 is 28.2 Å². The molecule has 0 spiro atoms. The molecule has 0 aliphatic carbocycles. The van der Waals surface area contributed by atoms with Crippen molar-refractivity contribution in [3.63, 3.8) is 0 Å². The second kappa shape index (κ2) is 12.8. The van der Waals surface area contributed by atoms with Gasteiger partial charge in [0, 0.05) is 13.1 Å². The Morgan fingerprint density at radius 3 is 1.14 bits per heavy atom. The van der Waals surface area contributed by atoms with E-state index in [9.17, 15) is 0 Å². The Morgan fingerprint density at radius 2 is 0.929 bits per heavy atom. The van der Waals surface area contributed by atoms with Gasteiger partial charge < -0.3 is 19.6 Å². The van der Waals surface area contributed by atoms with E-state index >= 15 is 0 Å². The van der Waals surface area contributed by atoms with Gasteiger partial charge in [-0.05, 0) is 69.5 Å². The molecule has 1 rings (SSSR count). The molecule has 0 heterocycles. The third kappa shape index (κ3) is 9.38. The third-order valence-corrected chi connectivity index (χ3v) is 6.38. The summed E-state index contributed by atoms with van der Waals surface area (Å²) in [7, 11) is 20.4. The van der Waals surface area contributed by atoms with E-state index in [-0.39, 0.29) is 0 Å². The van der Waals surface area contributed by atoms with E-state index in [1.165, 1.54) is 22.3 Å². The summed E-state index contributed by atoms with van der Waals surface area (Å²) in [4.78, 5) is 9.14. The van der Waals surface area contributed by atoms with Crippen molar-refractivity contribution in [2.45, 2.75) is 45.8 Å². The summed E-state index contributed by atoms with van der Waals surface area (Å²) in [6.45, 7) is 11.3. The van der Waals surface area contributed by atoms with Crippen LogP contribution in [0.25, 0.3) is 0 Å². The first kappa shape index (κ1) is 28.3. The van der Waals surface area contributed by atoms with Crippen LogP contribution in [0.1, 0.15) is 22.3 Å². The van der Waals surface area contributed by atoms with Crippen molar-refractivity contribution < 1.29 is 18.8 Å². The molecule has 0 fully saturated rings. The Bertz CT molecular complexity index is 557. The van der Waals surface area contributed by atoms with Gasteiger partial charge in [-0.1, -0.05) is 19.6 Å². The molecule has 0 unspecified atom stereocenters. The van der Waals surface area contributed by atoms with Crippen LogP contribution in [0.5, 0.6) is 0 Å². The van der Waals surface area contributed by atoms with E-state index in [2.05, 4.69) is 111 Å². The molecule has 0 saturated heterocycles. The Kier molecular flexibility index (Phi) is 13.0. The molecular weight excluding hydrogens is 567 g/mol. The Labute approximate surface area is 191 Å². The van der Waals surface area contributed by atoms with Crippen LogP contribution < -0.4 is 5.19 Å². The van der Waals surface area contributed by atoms with E-state index in [1.54, 1.807) is 24.0 Å². The van der Waals surface area contributed by atoms with Gasteiger partial charge in [-0.2, -0.15) is 11.3 Å². The zero-order valence-corrected chi connectivity index (χ0v) is 23.8. The van der Waals surface area contributed by atoms with Crippen molar-refractivity contribution >= 4 is 22.7 Å². The van der Waals surface area contributed by atoms with Gasteiger partial charge in [0.1, 0.15) is 0 Å². The van der Waals surface area contributed by atoms with Gasteiger partial charge in [0.25, 0.3) is 0 Å². The van der Waals surface area contributed by atoms with Crippen LogP contribution in [0.2, 0.25) is 19.6 Å². The Morgan fingerprint density at radius 1 is 0.643 bits per heavy atom. The number of hydrogen-bond donors (Lipinski definition) is 0. The minimum absolute atomic E-state index is 0.948. The summed E-state index contributed by atoms with van der Waals surface area (Å²) >= 11 is 1.61. The van der Waals surface area contributed by atoms with Gasteiger partial charge in [0.05, 0.1) is 8.07 Å². The van der Waals surface area contributed by atoms with E-state index in [1.807, 2.05) is 0 Å². The quantitative estimate of drug-likeness (QED) is 0.316. The third-order valence-electron chi connectivity index (χ3n) is 4.28. The summed E-state index contributed by atoms with van der Waals surface area (Å²) in [5, 5.41) is 1.65. The van der Waals surface area contributed by atoms with E-state index in [0.29, 0.717) is 0 Å². The van der Waals surface area contributed by atoms with E-state index in [0.717, 1.165) is 26.2 Å². The van der Waals surface area contributed by atoms with Gasteiger partial charge in [-0.15, -0.1) is 22.3 Å². The topological polar surface area (TPSA) is 13.0 Å². The van der Waals surface area contributed by atoms with E-state index in [4.69, 9.17) is 0 Å². The predicted molar refractivity (Wildman–Crippen MR) is 124 cm³/mol. The molecule has 28 heavy (non-hydrogen) atoms. The fourth-order valence-corrected chi connectivity index (χ4v) is 5.88. The number of nitrogens with zero attached hydrogens (tertiary/aromatic N) is 4. The van der Waals surface area contributed by atoms with Crippen LogP contribution in [0.4, 0.5) is 0 Å². The van der Waals surface area contributed by atoms with Crippen LogP contribution in [-0.2, 0) is 45.0 Å². The molecule has 0 aliphatic rings. The van der Waals surface area contributed by atoms with Gasteiger partial charge in [0.2, 0.25) is 0 Å². The minimum atomic E-state index is -1.53. The molecule has 1 aromatic rings.